The number of rotatable bonds is 6. The lowest BCUT2D eigenvalue weighted by Crippen LogP contribution is -2.37. The molecule has 1 unspecified atom stereocenters. The highest BCUT2D eigenvalue weighted by molar-refractivity contribution is 6.30. The van der Waals surface area contributed by atoms with E-state index in [1.807, 2.05) is 53.4 Å². The van der Waals surface area contributed by atoms with Crippen molar-refractivity contribution in [3.63, 3.8) is 0 Å². The summed E-state index contributed by atoms with van der Waals surface area (Å²) in [6, 6.07) is 15.0. The van der Waals surface area contributed by atoms with Gasteiger partial charge in [-0.3, -0.25) is 4.79 Å². The average molecular weight is 378 g/mol. The van der Waals surface area contributed by atoms with E-state index >= 15 is 0 Å². The van der Waals surface area contributed by atoms with E-state index in [1.165, 1.54) is 0 Å². The number of benzene rings is 2. The molecule has 0 spiro atoms. The topological polar surface area (TPSA) is 29.5 Å². The van der Waals surface area contributed by atoms with Gasteiger partial charge in [-0.1, -0.05) is 47.5 Å². The number of hydrogen-bond acceptors (Lipinski definition) is 2. The van der Waals surface area contributed by atoms with E-state index in [0.717, 1.165) is 30.6 Å². The first-order valence-corrected chi connectivity index (χ1v) is 9.24. The molecule has 0 radical (unpaired) electrons. The summed E-state index contributed by atoms with van der Waals surface area (Å²) in [5, 5.41) is 1.37. The van der Waals surface area contributed by atoms with E-state index in [-0.39, 0.29) is 12.0 Å². The molecule has 1 aliphatic rings. The van der Waals surface area contributed by atoms with Crippen LogP contribution in [0.5, 0.6) is 0 Å². The quantitative estimate of drug-likeness (QED) is 0.727. The Morgan fingerprint density at radius 2 is 1.60 bits per heavy atom. The van der Waals surface area contributed by atoms with Gasteiger partial charge in [-0.25, -0.2) is 0 Å². The molecule has 0 aliphatic carbocycles. The van der Waals surface area contributed by atoms with Crippen LogP contribution in [0.25, 0.3) is 0 Å². The molecule has 0 N–H and O–H groups in total. The van der Waals surface area contributed by atoms with Gasteiger partial charge in [0.15, 0.2) is 0 Å². The van der Waals surface area contributed by atoms with Crippen molar-refractivity contribution < 1.29 is 9.53 Å². The second-order valence-electron chi connectivity index (χ2n) is 6.34. The third-order valence-corrected chi connectivity index (χ3v) is 4.86. The van der Waals surface area contributed by atoms with Crippen molar-refractivity contribution in [1.29, 1.82) is 0 Å². The average Bonchev–Trinajstić information content (AvgIpc) is 3.11. The van der Waals surface area contributed by atoms with Crippen molar-refractivity contribution in [2.75, 3.05) is 13.2 Å². The smallest absolute Gasteiger partial charge is 0.227 e. The number of amides is 1. The van der Waals surface area contributed by atoms with E-state index in [1.54, 1.807) is 0 Å². The molecule has 1 saturated heterocycles. The fourth-order valence-corrected chi connectivity index (χ4v) is 3.24. The predicted molar refractivity (Wildman–Crippen MR) is 101 cm³/mol. The van der Waals surface area contributed by atoms with Crippen LogP contribution in [-0.2, 0) is 22.5 Å². The molecule has 1 amide bonds. The van der Waals surface area contributed by atoms with Gasteiger partial charge in [-0.15, -0.1) is 0 Å². The zero-order valence-corrected chi connectivity index (χ0v) is 15.5. The Labute approximate surface area is 158 Å². The molecule has 0 bridgehead atoms. The van der Waals surface area contributed by atoms with Gasteiger partial charge in [0, 0.05) is 29.7 Å². The first-order valence-electron chi connectivity index (χ1n) is 8.48. The molecule has 5 heteroatoms. The summed E-state index contributed by atoms with van der Waals surface area (Å²) in [6.45, 7) is 1.96. The maximum atomic E-state index is 12.9. The van der Waals surface area contributed by atoms with Crippen molar-refractivity contribution >= 4 is 29.1 Å². The summed E-state index contributed by atoms with van der Waals surface area (Å²) in [4.78, 5) is 14.8. The van der Waals surface area contributed by atoms with Crippen LogP contribution in [0.15, 0.2) is 48.5 Å². The van der Waals surface area contributed by atoms with Gasteiger partial charge in [-0.05, 0) is 48.2 Å². The van der Waals surface area contributed by atoms with Crippen molar-refractivity contribution in [3.8, 4) is 0 Å². The minimum absolute atomic E-state index is 0.0905. The SMILES string of the molecule is O=C(Cc1ccc(Cl)cc1)N(Cc1ccc(Cl)cc1)CC1CCCO1. The second kappa shape index (κ2) is 8.70. The standard InChI is InChI=1S/C20H21Cl2NO2/c21-17-7-3-15(4-8-17)12-20(24)23(14-19-2-1-11-25-19)13-16-5-9-18(22)10-6-16/h3-10,19H,1-2,11-14H2. The van der Waals surface area contributed by atoms with Crippen molar-refractivity contribution in [2.24, 2.45) is 0 Å². The molecule has 3 rings (SSSR count). The number of carbonyl (C=O) groups excluding carboxylic acids is 1. The molecule has 132 valence electrons. The lowest BCUT2D eigenvalue weighted by atomic mass is 10.1. The molecule has 1 aliphatic heterocycles. The first-order chi connectivity index (χ1) is 12.1. The van der Waals surface area contributed by atoms with E-state index in [9.17, 15) is 4.79 Å². The summed E-state index contributed by atoms with van der Waals surface area (Å²) in [5.74, 6) is 0.0905. The molecule has 1 heterocycles. The third-order valence-electron chi connectivity index (χ3n) is 4.36. The van der Waals surface area contributed by atoms with Crippen LogP contribution in [0.3, 0.4) is 0 Å². The molecule has 0 saturated carbocycles. The van der Waals surface area contributed by atoms with Gasteiger partial charge in [0.25, 0.3) is 0 Å². The van der Waals surface area contributed by atoms with Gasteiger partial charge >= 0.3 is 0 Å². The maximum absolute atomic E-state index is 12.9. The third kappa shape index (κ3) is 5.46. The van der Waals surface area contributed by atoms with Crippen LogP contribution in [-0.4, -0.2) is 30.1 Å². The Hall–Kier alpha value is -1.55. The van der Waals surface area contributed by atoms with Gasteiger partial charge in [0.2, 0.25) is 5.91 Å². The Bertz CT molecular complexity index is 695. The highest BCUT2D eigenvalue weighted by atomic mass is 35.5. The second-order valence-corrected chi connectivity index (χ2v) is 7.21. The van der Waals surface area contributed by atoms with Crippen LogP contribution in [0, 0.1) is 0 Å². The Kier molecular flexibility index (Phi) is 6.35. The van der Waals surface area contributed by atoms with E-state index in [4.69, 9.17) is 27.9 Å². The Morgan fingerprint density at radius 1 is 1.00 bits per heavy atom. The fourth-order valence-electron chi connectivity index (χ4n) is 2.99. The van der Waals surface area contributed by atoms with Crippen molar-refractivity contribution in [1.82, 2.24) is 4.90 Å². The summed E-state index contributed by atoms with van der Waals surface area (Å²) in [5.41, 5.74) is 2.02. The zero-order valence-electron chi connectivity index (χ0n) is 14.0. The highest BCUT2D eigenvalue weighted by Gasteiger charge is 2.23. The fraction of sp³-hybridized carbons (Fsp3) is 0.350. The first kappa shape index (κ1) is 18.2. The van der Waals surface area contributed by atoms with Crippen LogP contribution in [0.1, 0.15) is 24.0 Å². The van der Waals surface area contributed by atoms with Crippen molar-refractivity contribution in [3.05, 3.63) is 69.7 Å². The molecule has 1 atom stereocenters. The van der Waals surface area contributed by atoms with Gasteiger partial charge in [0.1, 0.15) is 0 Å². The largest absolute Gasteiger partial charge is 0.376 e. The summed E-state index contributed by atoms with van der Waals surface area (Å²) in [6.07, 6.45) is 2.55. The van der Waals surface area contributed by atoms with Gasteiger partial charge < -0.3 is 9.64 Å². The molecule has 3 nitrogen and oxygen atoms in total. The number of halogens is 2. The molecule has 25 heavy (non-hydrogen) atoms. The highest BCUT2D eigenvalue weighted by Crippen LogP contribution is 2.18. The van der Waals surface area contributed by atoms with E-state index in [0.29, 0.717) is 29.6 Å². The summed E-state index contributed by atoms with van der Waals surface area (Å²) >= 11 is 11.9. The molecule has 0 aromatic heterocycles. The monoisotopic (exact) mass is 377 g/mol. The minimum atomic E-state index is 0.0905. The number of ether oxygens (including phenoxy) is 1. The summed E-state index contributed by atoms with van der Waals surface area (Å²) < 4.78 is 5.72. The van der Waals surface area contributed by atoms with E-state index < -0.39 is 0 Å². The number of nitrogens with zero attached hydrogens (tertiary/aromatic N) is 1. The zero-order chi connectivity index (χ0) is 17.6. The summed E-state index contributed by atoms with van der Waals surface area (Å²) in [7, 11) is 0. The van der Waals surface area contributed by atoms with Crippen LogP contribution >= 0.6 is 23.2 Å². The van der Waals surface area contributed by atoms with Crippen molar-refractivity contribution in [2.45, 2.75) is 31.9 Å². The van der Waals surface area contributed by atoms with Crippen LogP contribution in [0.2, 0.25) is 10.0 Å². The normalized spacial score (nSPS) is 16.8. The van der Waals surface area contributed by atoms with Crippen LogP contribution < -0.4 is 0 Å². The molecular weight excluding hydrogens is 357 g/mol. The van der Waals surface area contributed by atoms with Crippen LogP contribution in [0.4, 0.5) is 0 Å². The maximum Gasteiger partial charge on any atom is 0.227 e. The molecule has 2 aromatic carbocycles. The predicted octanol–water partition coefficient (Wildman–Crippen LogP) is 4.74. The minimum Gasteiger partial charge on any atom is -0.376 e. The Balaban J connectivity index is 1.70. The lowest BCUT2D eigenvalue weighted by molar-refractivity contribution is -0.132. The Morgan fingerprint density at radius 3 is 2.16 bits per heavy atom. The van der Waals surface area contributed by atoms with Gasteiger partial charge in [-0.2, -0.15) is 0 Å². The number of hydrogen-bond donors (Lipinski definition) is 0. The van der Waals surface area contributed by atoms with E-state index in [2.05, 4.69) is 0 Å². The lowest BCUT2D eigenvalue weighted by Gasteiger charge is -2.26. The number of carbonyl (C=O) groups is 1. The molecule has 2 aromatic rings. The molecule has 1 fully saturated rings. The van der Waals surface area contributed by atoms with Gasteiger partial charge in [0.05, 0.1) is 12.5 Å². The molecular formula is C20H21Cl2NO2.